The number of nitrogens with zero attached hydrogens (tertiary/aromatic N) is 3. The topological polar surface area (TPSA) is 73.8 Å². The molecule has 1 aliphatic heterocycles. The fourth-order valence-electron chi connectivity index (χ4n) is 2.72. The van der Waals surface area contributed by atoms with E-state index in [2.05, 4.69) is 9.97 Å². The van der Waals surface area contributed by atoms with Crippen LogP contribution in [0, 0.1) is 5.82 Å². The van der Waals surface area contributed by atoms with E-state index in [0.717, 1.165) is 12.8 Å². The number of aromatic nitrogens is 2. The van der Waals surface area contributed by atoms with Gasteiger partial charge in [-0.2, -0.15) is 0 Å². The van der Waals surface area contributed by atoms with Gasteiger partial charge in [-0.05, 0) is 37.1 Å². The van der Waals surface area contributed by atoms with Gasteiger partial charge in [-0.1, -0.05) is 0 Å². The quantitative estimate of drug-likeness (QED) is 0.784. The smallest absolute Gasteiger partial charge is 0.278 e. The van der Waals surface area contributed by atoms with Crippen molar-refractivity contribution in [2.75, 3.05) is 26.8 Å². The first-order valence-corrected chi connectivity index (χ1v) is 8.33. The van der Waals surface area contributed by atoms with Crippen LogP contribution in [0.2, 0.25) is 0 Å². The van der Waals surface area contributed by atoms with Crippen molar-refractivity contribution in [2.45, 2.75) is 18.9 Å². The summed E-state index contributed by atoms with van der Waals surface area (Å²) in [6, 6.07) is 5.56. The van der Waals surface area contributed by atoms with Gasteiger partial charge in [0, 0.05) is 18.9 Å². The Hall–Kier alpha value is -2.90. The Bertz CT molecular complexity index is 741. The van der Waals surface area contributed by atoms with Crippen LogP contribution in [-0.2, 0) is 4.79 Å². The van der Waals surface area contributed by atoms with E-state index >= 15 is 0 Å². The van der Waals surface area contributed by atoms with E-state index in [-0.39, 0.29) is 24.4 Å². The number of methoxy groups -OCH3 is 1. The molecule has 1 aromatic heterocycles. The Labute approximate surface area is 150 Å². The molecule has 7 nitrogen and oxygen atoms in total. The summed E-state index contributed by atoms with van der Waals surface area (Å²) < 4.78 is 29.3. The Morgan fingerprint density at radius 2 is 1.96 bits per heavy atom. The van der Waals surface area contributed by atoms with Crippen LogP contribution < -0.4 is 14.2 Å². The zero-order chi connectivity index (χ0) is 18.4. The van der Waals surface area contributed by atoms with E-state index in [1.54, 1.807) is 4.90 Å². The largest absolute Gasteiger partial charge is 0.484 e. The lowest BCUT2D eigenvalue weighted by molar-refractivity contribution is -0.136. The molecule has 2 aromatic rings. The first-order chi connectivity index (χ1) is 12.7. The van der Waals surface area contributed by atoms with Crippen LogP contribution in [0.25, 0.3) is 0 Å². The molecule has 0 spiro atoms. The minimum Gasteiger partial charge on any atom is -0.484 e. The van der Waals surface area contributed by atoms with Gasteiger partial charge in [0.25, 0.3) is 17.7 Å². The van der Waals surface area contributed by atoms with Crippen molar-refractivity contribution in [3.63, 3.8) is 0 Å². The average Bonchev–Trinajstić information content (AvgIpc) is 2.68. The highest BCUT2D eigenvalue weighted by Crippen LogP contribution is 2.24. The molecule has 0 saturated carbocycles. The molecule has 8 heteroatoms. The fraction of sp³-hybridized carbons (Fsp3) is 0.389. The Morgan fingerprint density at radius 3 is 2.69 bits per heavy atom. The molecule has 2 heterocycles. The highest BCUT2D eigenvalue weighted by atomic mass is 19.1. The van der Waals surface area contributed by atoms with Crippen LogP contribution in [0.3, 0.4) is 0 Å². The van der Waals surface area contributed by atoms with Crippen LogP contribution in [0.15, 0.2) is 36.7 Å². The van der Waals surface area contributed by atoms with Crippen molar-refractivity contribution in [3.05, 3.63) is 42.5 Å². The van der Waals surface area contributed by atoms with Gasteiger partial charge in [-0.15, -0.1) is 0 Å². The van der Waals surface area contributed by atoms with Gasteiger partial charge in [0.15, 0.2) is 6.61 Å². The summed E-state index contributed by atoms with van der Waals surface area (Å²) in [7, 11) is 1.50. The lowest BCUT2D eigenvalue weighted by Gasteiger charge is -2.32. The molecule has 26 heavy (non-hydrogen) atoms. The number of carbonyl (C=O) groups is 1. The van der Waals surface area contributed by atoms with Gasteiger partial charge in [0.1, 0.15) is 17.7 Å². The zero-order valence-electron chi connectivity index (χ0n) is 14.4. The van der Waals surface area contributed by atoms with Gasteiger partial charge in [0.2, 0.25) is 0 Å². The highest BCUT2D eigenvalue weighted by molar-refractivity contribution is 5.77. The summed E-state index contributed by atoms with van der Waals surface area (Å²) in [4.78, 5) is 22.3. The molecule has 1 amide bonds. The van der Waals surface area contributed by atoms with Gasteiger partial charge in [-0.25, -0.2) is 14.4 Å². The molecule has 0 aliphatic carbocycles. The normalized spacial score (nSPS) is 16.8. The number of ether oxygens (including phenoxy) is 3. The summed E-state index contributed by atoms with van der Waals surface area (Å²) in [5, 5.41) is 0. The number of likely N-dealkylation sites (tertiary alicyclic amines) is 1. The average molecular weight is 361 g/mol. The predicted octanol–water partition coefficient (Wildman–Crippen LogP) is 2.07. The second-order valence-electron chi connectivity index (χ2n) is 5.84. The van der Waals surface area contributed by atoms with E-state index in [9.17, 15) is 9.18 Å². The van der Waals surface area contributed by atoms with Gasteiger partial charge < -0.3 is 19.1 Å². The summed E-state index contributed by atoms with van der Waals surface area (Å²) in [5.74, 6) is 0.592. The maximum atomic E-state index is 12.9. The highest BCUT2D eigenvalue weighted by Gasteiger charge is 2.26. The molecule has 1 aromatic carbocycles. The molecule has 1 saturated heterocycles. The summed E-state index contributed by atoms with van der Waals surface area (Å²) in [6.07, 6.45) is 4.48. The van der Waals surface area contributed by atoms with Gasteiger partial charge in [0.05, 0.1) is 13.7 Å². The van der Waals surface area contributed by atoms with Crippen molar-refractivity contribution < 1.29 is 23.4 Å². The number of benzene rings is 1. The monoisotopic (exact) mass is 361 g/mol. The standard InChI is InChI=1S/C18H20FN3O4/c1-24-17-18(21-9-8-20-17)26-15-3-2-10-22(11-15)16(23)12-25-14-6-4-13(19)5-7-14/h4-9,15H,2-3,10-12H2,1H3. The number of amides is 1. The molecule has 3 rings (SSSR count). The third-order valence-corrected chi connectivity index (χ3v) is 4.01. The minimum absolute atomic E-state index is 0.104. The fourth-order valence-corrected chi connectivity index (χ4v) is 2.72. The van der Waals surface area contributed by atoms with E-state index in [0.29, 0.717) is 30.6 Å². The lowest BCUT2D eigenvalue weighted by Crippen LogP contribution is -2.46. The van der Waals surface area contributed by atoms with Crippen LogP contribution in [0.1, 0.15) is 12.8 Å². The molecule has 0 N–H and O–H groups in total. The molecular weight excluding hydrogens is 341 g/mol. The molecule has 0 radical (unpaired) electrons. The van der Waals surface area contributed by atoms with Crippen molar-refractivity contribution in [1.82, 2.24) is 14.9 Å². The number of hydrogen-bond acceptors (Lipinski definition) is 6. The number of rotatable bonds is 6. The van der Waals surface area contributed by atoms with E-state index in [4.69, 9.17) is 14.2 Å². The molecule has 1 aliphatic rings. The van der Waals surface area contributed by atoms with Crippen LogP contribution >= 0.6 is 0 Å². The summed E-state index contributed by atoms with van der Waals surface area (Å²) in [5.41, 5.74) is 0. The Balaban J connectivity index is 1.54. The van der Waals surface area contributed by atoms with E-state index < -0.39 is 0 Å². The molecule has 0 bridgehead atoms. The number of carbonyl (C=O) groups excluding carboxylic acids is 1. The van der Waals surface area contributed by atoms with Crippen LogP contribution in [0.4, 0.5) is 4.39 Å². The van der Waals surface area contributed by atoms with E-state index in [1.165, 1.54) is 43.8 Å². The first kappa shape index (κ1) is 17.9. The number of piperidine rings is 1. The third kappa shape index (κ3) is 4.59. The van der Waals surface area contributed by atoms with Crippen molar-refractivity contribution in [3.8, 4) is 17.5 Å². The van der Waals surface area contributed by atoms with Gasteiger partial charge in [-0.3, -0.25) is 4.79 Å². The first-order valence-electron chi connectivity index (χ1n) is 8.33. The zero-order valence-corrected chi connectivity index (χ0v) is 14.4. The third-order valence-electron chi connectivity index (χ3n) is 4.01. The SMILES string of the molecule is COc1nccnc1OC1CCCN(C(=O)COc2ccc(F)cc2)C1. The van der Waals surface area contributed by atoms with Crippen molar-refractivity contribution in [1.29, 1.82) is 0 Å². The molecule has 138 valence electrons. The predicted molar refractivity (Wildman–Crippen MR) is 90.7 cm³/mol. The second-order valence-corrected chi connectivity index (χ2v) is 5.84. The van der Waals surface area contributed by atoms with Crippen molar-refractivity contribution in [2.24, 2.45) is 0 Å². The number of halogens is 1. The molecule has 1 fully saturated rings. The molecule has 1 unspecified atom stereocenters. The lowest BCUT2D eigenvalue weighted by atomic mass is 10.1. The van der Waals surface area contributed by atoms with Crippen LogP contribution in [0.5, 0.6) is 17.5 Å². The Morgan fingerprint density at radius 1 is 1.23 bits per heavy atom. The molecule has 1 atom stereocenters. The van der Waals surface area contributed by atoms with Crippen LogP contribution in [-0.4, -0.2) is 53.7 Å². The summed E-state index contributed by atoms with van der Waals surface area (Å²) >= 11 is 0. The Kier molecular flexibility index (Phi) is 5.83. The second kappa shape index (κ2) is 8.46. The number of hydrogen-bond donors (Lipinski definition) is 0. The summed E-state index contributed by atoms with van der Waals surface area (Å²) in [6.45, 7) is 0.973. The maximum Gasteiger partial charge on any atom is 0.278 e. The maximum absolute atomic E-state index is 12.9. The van der Waals surface area contributed by atoms with Crippen molar-refractivity contribution >= 4 is 5.91 Å². The minimum atomic E-state index is -0.348. The molecular formula is C18H20FN3O4. The van der Waals surface area contributed by atoms with E-state index in [1.807, 2.05) is 0 Å². The van der Waals surface area contributed by atoms with Gasteiger partial charge >= 0.3 is 0 Å².